The Morgan fingerprint density at radius 3 is 2.12 bits per heavy atom. The number of nitrogens with zero attached hydrogens (tertiary/aromatic N) is 1. The molecular formula is C34H51N3O5. The first-order chi connectivity index (χ1) is 20.0. The normalized spacial score (nSPS) is 13.5. The fourth-order valence-corrected chi connectivity index (χ4v) is 4.74. The number of carbonyl (C=O) groups is 3. The Morgan fingerprint density at radius 2 is 1.52 bits per heavy atom. The van der Waals surface area contributed by atoms with E-state index in [9.17, 15) is 19.5 Å². The second kappa shape index (κ2) is 17.4. The molecule has 0 bridgehead atoms. The number of hydrogen-bond acceptors (Lipinski definition) is 5. The number of carbonyl (C=O) groups excluding carboxylic acids is 3. The molecule has 0 spiro atoms. The lowest BCUT2D eigenvalue weighted by atomic mass is 9.95. The maximum absolute atomic E-state index is 14.4. The number of ether oxygens (including phenoxy) is 1. The summed E-state index contributed by atoms with van der Waals surface area (Å²) >= 11 is 0. The number of phenolic OH excluding ortho intramolecular Hbond substituents is 1. The molecule has 8 nitrogen and oxygen atoms in total. The van der Waals surface area contributed by atoms with Gasteiger partial charge in [-0.25, -0.2) is 4.79 Å². The van der Waals surface area contributed by atoms with Gasteiger partial charge in [0.1, 0.15) is 23.4 Å². The van der Waals surface area contributed by atoms with Crippen molar-refractivity contribution in [3.05, 3.63) is 65.7 Å². The minimum Gasteiger partial charge on any atom is -0.508 e. The predicted octanol–water partition coefficient (Wildman–Crippen LogP) is 6.88. The Labute approximate surface area is 252 Å². The third kappa shape index (κ3) is 11.7. The van der Waals surface area contributed by atoms with Gasteiger partial charge in [-0.3, -0.25) is 9.59 Å². The Bertz CT molecular complexity index is 1100. The van der Waals surface area contributed by atoms with Crippen LogP contribution in [0.1, 0.15) is 104 Å². The number of nitrogens with one attached hydrogen (secondary N) is 2. The molecule has 0 fully saturated rings. The monoisotopic (exact) mass is 581 g/mol. The van der Waals surface area contributed by atoms with Crippen LogP contribution in [-0.2, 0) is 20.9 Å². The van der Waals surface area contributed by atoms with E-state index in [4.69, 9.17) is 4.74 Å². The first kappa shape index (κ1) is 34.7. The van der Waals surface area contributed by atoms with E-state index in [0.29, 0.717) is 25.1 Å². The minimum absolute atomic E-state index is 0.0695. The minimum atomic E-state index is -0.954. The fourth-order valence-electron chi connectivity index (χ4n) is 4.74. The lowest BCUT2D eigenvalue weighted by molar-refractivity contribution is -0.143. The summed E-state index contributed by atoms with van der Waals surface area (Å²) in [6.07, 6.45) is 6.08. The van der Waals surface area contributed by atoms with Crippen LogP contribution >= 0.6 is 0 Å². The van der Waals surface area contributed by atoms with Gasteiger partial charge >= 0.3 is 6.09 Å². The number of benzene rings is 2. The molecule has 2 aromatic rings. The van der Waals surface area contributed by atoms with Gasteiger partial charge in [-0.1, -0.05) is 102 Å². The highest BCUT2D eigenvalue weighted by atomic mass is 16.6. The van der Waals surface area contributed by atoms with Crippen LogP contribution in [-0.4, -0.2) is 46.1 Å². The average Bonchev–Trinajstić information content (AvgIpc) is 2.95. The molecule has 232 valence electrons. The van der Waals surface area contributed by atoms with E-state index in [1.54, 1.807) is 37.8 Å². The van der Waals surface area contributed by atoms with Crippen LogP contribution in [0.2, 0.25) is 0 Å². The smallest absolute Gasteiger partial charge is 0.408 e. The van der Waals surface area contributed by atoms with Crippen molar-refractivity contribution in [1.29, 1.82) is 0 Å². The van der Waals surface area contributed by atoms with Gasteiger partial charge in [0.2, 0.25) is 11.8 Å². The zero-order valence-corrected chi connectivity index (χ0v) is 26.3. The highest BCUT2D eigenvalue weighted by Crippen LogP contribution is 2.27. The number of amides is 3. The molecule has 0 aliphatic carbocycles. The van der Waals surface area contributed by atoms with Gasteiger partial charge in [-0.05, 0) is 56.4 Å². The molecule has 0 aliphatic rings. The van der Waals surface area contributed by atoms with Crippen molar-refractivity contribution in [3.63, 3.8) is 0 Å². The number of aromatic hydroxyl groups is 1. The van der Waals surface area contributed by atoms with E-state index >= 15 is 0 Å². The van der Waals surface area contributed by atoms with Gasteiger partial charge in [0.25, 0.3) is 0 Å². The summed E-state index contributed by atoms with van der Waals surface area (Å²) < 4.78 is 5.49. The zero-order valence-electron chi connectivity index (χ0n) is 26.3. The number of alkyl carbamates (subject to hydrolysis) is 1. The second-order valence-corrected chi connectivity index (χ2v) is 12.0. The lowest BCUT2D eigenvalue weighted by Crippen LogP contribution is -2.55. The van der Waals surface area contributed by atoms with Crippen molar-refractivity contribution >= 4 is 17.9 Å². The van der Waals surface area contributed by atoms with Gasteiger partial charge in [-0.15, -0.1) is 0 Å². The number of unbranched alkanes of at least 4 members (excludes halogenated alkanes) is 5. The molecule has 3 unspecified atom stereocenters. The fraction of sp³-hybridized carbons (Fsp3) is 0.559. The van der Waals surface area contributed by atoms with Gasteiger partial charge in [0.15, 0.2) is 0 Å². The van der Waals surface area contributed by atoms with Gasteiger partial charge in [0, 0.05) is 13.1 Å². The lowest BCUT2D eigenvalue weighted by Gasteiger charge is -2.36. The Balaban J connectivity index is 2.45. The van der Waals surface area contributed by atoms with Crippen LogP contribution in [0.25, 0.3) is 0 Å². The average molecular weight is 582 g/mol. The molecule has 2 aromatic carbocycles. The Hall–Kier alpha value is -3.55. The molecule has 3 N–H and O–H groups in total. The highest BCUT2D eigenvalue weighted by Gasteiger charge is 2.38. The van der Waals surface area contributed by atoms with Crippen molar-refractivity contribution in [2.75, 3.05) is 6.54 Å². The maximum Gasteiger partial charge on any atom is 0.408 e. The molecule has 0 radical (unpaired) electrons. The number of rotatable bonds is 16. The summed E-state index contributed by atoms with van der Waals surface area (Å²) in [6, 6.07) is 14.1. The van der Waals surface area contributed by atoms with Crippen LogP contribution in [0.4, 0.5) is 4.79 Å². The second-order valence-electron chi connectivity index (χ2n) is 12.0. The van der Waals surface area contributed by atoms with E-state index in [1.807, 2.05) is 44.2 Å². The molecule has 0 aromatic heterocycles. The number of phenols is 1. The van der Waals surface area contributed by atoms with Gasteiger partial charge < -0.3 is 25.4 Å². The SMILES string of the molecule is CCCCCCCCN(C(=O)C(NC(=O)OC(C)(C)C)C(C)CC)C(C(=O)NCc1ccccc1)c1ccc(O)cc1. The quantitative estimate of drug-likeness (QED) is 0.187. The van der Waals surface area contributed by atoms with Crippen molar-refractivity contribution in [2.45, 2.75) is 111 Å². The molecule has 0 saturated carbocycles. The summed E-state index contributed by atoms with van der Waals surface area (Å²) in [5, 5.41) is 15.8. The van der Waals surface area contributed by atoms with Crippen LogP contribution in [0.15, 0.2) is 54.6 Å². The van der Waals surface area contributed by atoms with Crippen molar-refractivity contribution in [1.82, 2.24) is 15.5 Å². The van der Waals surface area contributed by atoms with E-state index in [2.05, 4.69) is 17.6 Å². The first-order valence-electron chi connectivity index (χ1n) is 15.4. The maximum atomic E-state index is 14.4. The third-order valence-corrected chi connectivity index (χ3v) is 7.27. The van der Waals surface area contributed by atoms with E-state index in [-0.39, 0.29) is 23.5 Å². The third-order valence-electron chi connectivity index (χ3n) is 7.27. The molecule has 0 aliphatic heterocycles. The standard InChI is InChI=1S/C34H51N3O5/c1-7-9-10-11-12-16-23-37(32(40)29(25(3)8-2)36-33(41)42-34(4,5)6)30(27-19-21-28(38)22-20-27)31(39)35-24-26-17-14-13-15-18-26/h13-15,17-22,25,29-30,38H,7-12,16,23-24H2,1-6H3,(H,35,39)(H,36,41). The van der Waals surface area contributed by atoms with Crippen molar-refractivity contribution < 1.29 is 24.2 Å². The molecule has 3 amide bonds. The molecule has 8 heteroatoms. The van der Waals surface area contributed by atoms with E-state index in [1.165, 1.54) is 12.1 Å². The summed E-state index contributed by atoms with van der Waals surface area (Å²) in [5.74, 6) is -0.800. The first-order valence-corrected chi connectivity index (χ1v) is 15.4. The van der Waals surface area contributed by atoms with E-state index in [0.717, 1.165) is 44.1 Å². The van der Waals surface area contributed by atoms with Crippen LogP contribution in [0.5, 0.6) is 5.75 Å². The van der Waals surface area contributed by atoms with Gasteiger partial charge in [0.05, 0.1) is 0 Å². The topological polar surface area (TPSA) is 108 Å². The highest BCUT2D eigenvalue weighted by molar-refractivity contribution is 5.92. The molecule has 42 heavy (non-hydrogen) atoms. The van der Waals surface area contributed by atoms with E-state index < -0.39 is 23.8 Å². The summed E-state index contributed by atoms with van der Waals surface area (Å²) in [7, 11) is 0. The molecule has 3 atom stereocenters. The van der Waals surface area contributed by atoms with Gasteiger partial charge in [-0.2, -0.15) is 0 Å². The Kier molecular flexibility index (Phi) is 14.4. The largest absolute Gasteiger partial charge is 0.508 e. The van der Waals surface area contributed by atoms with Crippen molar-refractivity contribution in [3.8, 4) is 5.75 Å². The van der Waals surface area contributed by atoms with Crippen LogP contribution in [0.3, 0.4) is 0 Å². The predicted molar refractivity (Wildman–Crippen MR) is 167 cm³/mol. The summed E-state index contributed by atoms with van der Waals surface area (Å²) in [4.78, 5) is 42.7. The molecular weight excluding hydrogens is 530 g/mol. The summed E-state index contributed by atoms with van der Waals surface area (Å²) in [5.41, 5.74) is 0.794. The molecule has 0 heterocycles. The summed E-state index contributed by atoms with van der Waals surface area (Å²) in [6.45, 7) is 12.0. The molecule has 0 saturated heterocycles. The number of hydrogen-bond donors (Lipinski definition) is 3. The zero-order chi connectivity index (χ0) is 31.1. The van der Waals surface area contributed by atoms with Crippen molar-refractivity contribution in [2.24, 2.45) is 5.92 Å². The molecule has 2 rings (SSSR count). The van der Waals surface area contributed by atoms with Crippen LogP contribution in [0, 0.1) is 5.92 Å². The van der Waals surface area contributed by atoms with Crippen LogP contribution < -0.4 is 10.6 Å². The Morgan fingerprint density at radius 1 is 0.905 bits per heavy atom.